The van der Waals surface area contributed by atoms with Crippen molar-refractivity contribution < 1.29 is 9.53 Å². The first kappa shape index (κ1) is 16.8. The number of hydrogen-bond acceptors (Lipinski definition) is 5. The topological polar surface area (TPSA) is 69.9 Å². The van der Waals surface area contributed by atoms with Crippen molar-refractivity contribution in [2.45, 2.75) is 20.4 Å². The molecule has 3 aromatic rings. The van der Waals surface area contributed by atoms with E-state index in [9.17, 15) is 4.79 Å². The van der Waals surface area contributed by atoms with E-state index >= 15 is 0 Å². The second kappa shape index (κ2) is 7.70. The molecule has 2 aromatic heterocycles. The molecule has 0 radical (unpaired) electrons. The summed E-state index contributed by atoms with van der Waals surface area (Å²) in [5, 5.41) is 8.42. The molecule has 0 unspecified atom stereocenters. The van der Waals surface area contributed by atoms with Gasteiger partial charge in [-0.25, -0.2) is 4.68 Å². The number of pyridine rings is 1. The van der Waals surface area contributed by atoms with Crippen molar-refractivity contribution in [2.75, 3.05) is 6.61 Å². The predicted octanol–water partition coefficient (Wildman–Crippen LogP) is 3.21. The average molecular weight is 336 g/mol. The van der Waals surface area contributed by atoms with E-state index in [1.54, 1.807) is 10.9 Å². The van der Waals surface area contributed by atoms with Gasteiger partial charge in [0.25, 0.3) is 0 Å². The molecule has 0 N–H and O–H groups in total. The molecule has 6 nitrogen and oxygen atoms in total. The highest BCUT2D eigenvalue weighted by Crippen LogP contribution is 2.28. The van der Waals surface area contributed by atoms with E-state index in [0.29, 0.717) is 18.0 Å². The van der Waals surface area contributed by atoms with E-state index in [2.05, 4.69) is 15.3 Å². The van der Waals surface area contributed by atoms with Gasteiger partial charge in [-0.05, 0) is 18.1 Å². The standard InChI is InChI=1S/C19H20N4O2/c1-14(2)13-25-17(24)12-23-19(15-8-4-3-5-9-15)18(21-22-23)16-10-6-7-11-20-16/h3-11,14H,12-13H2,1-2H3. The van der Waals surface area contributed by atoms with Crippen LogP contribution in [0.4, 0.5) is 0 Å². The summed E-state index contributed by atoms with van der Waals surface area (Å²) in [6.45, 7) is 4.40. The first-order chi connectivity index (χ1) is 12.1. The van der Waals surface area contributed by atoms with Gasteiger partial charge in [0.2, 0.25) is 0 Å². The van der Waals surface area contributed by atoms with Gasteiger partial charge in [0, 0.05) is 11.8 Å². The van der Waals surface area contributed by atoms with Gasteiger partial charge in [-0.15, -0.1) is 5.10 Å². The molecule has 0 saturated heterocycles. The number of carbonyl (C=O) groups is 1. The zero-order chi connectivity index (χ0) is 17.6. The van der Waals surface area contributed by atoms with Crippen molar-refractivity contribution in [2.24, 2.45) is 5.92 Å². The quantitative estimate of drug-likeness (QED) is 0.647. The van der Waals surface area contributed by atoms with Crippen molar-refractivity contribution >= 4 is 5.97 Å². The van der Waals surface area contributed by atoms with Crippen LogP contribution in [-0.4, -0.2) is 32.6 Å². The monoisotopic (exact) mass is 336 g/mol. The lowest BCUT2D eigenvalue weighted by Gasteiger charge is -2.10. The lowest BCUT2D eigenvalue weighted by molar-refractivity contribution is -0.145. The van der Waals surface area contributed by atoms with Crippen molar-refractivity contribution in [1.29, 1.82) is 0 Å². The summed E-state index contributed by atoms with van der Waals surface area (Å²) in [5.41, 5.74) is 3.03. The number of aromatic nitrogens is 4. The third kappa shape index (κ3) is 4.09. The van der Waals surface area contributed by atoms with E-state index in [1.807, 2.05) is 62.4 Å². The number of esters is 1. The maximum Gasteiger partial charge on any atom is 0.327 e. The summed E-state index contributed by atoms with van der Waals surface area (Å²) < 4.78 is 6.84. The largest absolute Gasteiger partial charge is 0.464 e. The minimum Gasteiger partial charge on any atom is -0.464 e. The lowest BCUT2D eigenvalue weighted by atomic mass is 10.1. The van der Waals surface area contributed by atoms with Gasteiger partial charge in [-0.2, -0.15) is 0 Å². The molecule has 0 aliphatic rings. The predicted molar refractivity (Wildman–Crippen MR) is 94.5 cm³/mol. The van der Waals surface area contributed by atoms with E-state index < -0.39 is 0 Å². The van der Waals surface area contributed by atoms with Crippen molar-refractivity contribution in [3.05, 3.63) is 54.7 Å². The van der Waals surface area contributed by atoms with Crippen LogP contribution in [0, 0.1) is 5.92 Å². The normalized spacial score (nSPS) is 10.8. The van der Waals surface area contributed by atoms with Gasteiger partial charge in [0.1, 0.15) is 12.2 Å². The Balaban J connectivity index is 1.96. The molecular formula is C19H20N4O2. The van der Waals surface area contributed by atoms with Crippen LogP contribution in [-0.2, 0) is 16.1 Å². The Labute approximate surface area is 146 Å². The Morgan fingerprint density at radius 2 is 1.88 bits per heavy atom. The third-order valence-electron chi connectivity index (χ3n) is 3.55. The molecule has 25 heavy (non-hydrogen) atoms. The van der Waals surface area contributed by atoms with Crippen LogP contribution >= 0.6 is 0 Å². The van der Waals surface area contributed by atoms with Gasteiger partial charge < -0.3 is 4.74 Å². The molecule has 0 fully saturated rings. The Morgan fingerprint density at radius 1 is 1.12 bits per heavy atom. The molecular weight excluding hydrogens is 316 g/mol. The van der Waals surface area contributed by atoms with Gasteiger partial charge >= 0.3 is 5.97 Å². The average Bonchev–Trinajstić information content (AvgIpc) is 3.05. The van der Waals surface area contributed by atoms with Gasteiger partial charge in [-0.1, -0.05) is 55.5 Å². The first-order valence-corrected chi connectivity index (χ1v) is 8.21. The second-order valence-corrected chi connectivity index (χ2v) is 6.10. The van der Waals surface area contributed by atoms with E-state index in [4.69, 9.17) is 4.74 Å². The minimum absolute atomic E-state index is 0.0107. The molecule has 0 saturated carbocycles. The van der Waals surface area contributed by atoms with Gasteiger partial charge in [-0.3, -0.25) is 9.78 Å². The molecule has 3 rings (SSSR count). The summed E-state index contributed by atoms with van der Waals surface area (Å²) in [7, 11) is 0. The van der Waals surface area contributed by atoms with Crippen LogP contribution in [0.25, 0.3) is 22.6 Å². The SMILES string of the molecule is CC(C)COC(=O)Cn1nnc(-c2ccccn2)c1-c1ccccc1. The summed E-state index contributed by atoms with van der Waals surface area (Å²) >= 11 is 0. The molecule has 128 valence electrons. The molecule has 0 aliphatic carbocycles. The first-order valence-electron chi connectivity index (χ1n) is 8.21. The number of carbonyl (C=O) groups excluding carboxylic acids is 1. The fourth-order valence-corrected chi connectivity index (χ4v) is 2.41. The van der Waals surface area contributed by atoms with E-state index in [-0.39, 0.29) is 18.4 Å². The fraction of sp³-hybridized carbons (Fsp3) is 0.263. The van der Waals surface area contributed by atoms with Crippen LogP contribution in [0.15, 0.2) is 54.7 Å². The fourth-order valence-electron chi connectivity index (χ4n) is 2.41. The molecule has 0 bridgehead atoms. The van der Waals surface area contributed by atoms with Crippen LogP contribution in [0.1, 0.15) is 13.8 Å². The molecule has 0 spiro atoms. The summed E-state index contributed by atoms with van der Waals surface area (Å²) in [4.78, 5) is 16.5. The summed E-state index contributed by atoms with van der Waals surface area (Å²) in [6.07, 6.45) is 1.71. The zero-order valence-electron chi connectivity index (χ0n) is 14.3. The molecule has 0 atom stereocenters. The van der Waals surface area contributed by atoms with Crippen LogP contribution < -0.4 is 0 Å². The van der Waals surface area contributed by atoms with Crippen molar-refractivity contribution in [1.82, 2.24) is 20.0 Å². The Morgan fingerprint density at radius 3 is 2.56 bits per heavy atom. The van der Waals surface area contributed by atoms with Crippen LogP contribution in [0.2, 0.25) is 0 Å². The summed E-state index contributed by atoms with van der Waals surface area (Å²) in [6, 6.07) is 15.3. The molecule has 0 aliphatic heterocycles. The van der Waals surface area contributed by atoms with Crippen LogP contribution in [0.3, 0.4) is 0 Å². The Kier molecular flexibility index (Phi) is 5.18. The minimum atomic E-state index is -0.330. The number of hydrogen-bond donors (Lipinski definition) is 0. The molecule has 0 amide bonds. The second-order valence-electron chi connectivity index (χ2n) is 6.10. The highest BCUT2D eigenvalue weighted by atomic mass is 16.5. The number of ether oxygens (including phenoxy) is 1. The van der Waals surface area contributed by atoms with Crippen LogP contribution in [0.5, 0.6) is 0 Å². The number of nitrogens with zero attached hydrogens (tertiary/aromatic N) is 4. The van der Waals surface area contributed by atoms with Crippen molar-refractivity contribution in [3.8, 4) is 22.6 Å². The Bertz CT molecular complexity index is 829. The smallest absolute Gasteiger partial charge is 0.327 e. The highest BCUT2D eigenvalue weighted by Gasteiger charge is 2.19. The molecule has 1 aromatic carbocycles. The molecule has 6 heteroatoms. The number of rotatable bonds is 6. The summed E-state index contributed by atoms with van der Waals surface area (Å²) in [5.74, 6) is -0.0410. The van der Waals surface area contributed by atoms with Gasteiger partial charge in [0.05, 0.1) is 18.0 Å². The molecule has 2 heterocycles. The third-order valence-corrected chi connectivity index (χ3v) is 3.55. The van der Waals surface area contributed by atoms with Crippen molar-refractivity contribution in [3.63, 3.8) is 0 Å². The number of benzene rings is 1. The van der Waals surface area contributed by atoms with E-state index in [1.165, 1.54) is 0 Å². The highest BCUT2D eigenvalue weighted by molar-refractivity contribution is 5.78. The lowest BCUT2D eigenvalue weighted by Crippen LogP contribution is -2.17. The van der Waals surface area contributed by atoms with Gasteiger partial charge in [0.15, 0.2) is 0 Å². The zero-order valence-corrected chi connectivity index (χ0v) is 14.3. The maximum atomic E-state index is 12.1. The maximum absolute atomic E-state index is 12.1. The Hall–Kier alpha value is -3.02. The van der Waals surface area contributed by atoms with E-state index in [0.717, 1.165) is 11.3 Å².